The number of fused-ring (bicyclic) bond motifs is 3. The van der Waals surface area contributed by atoms with Crippen molar-refractivity contribution in [3.63, 3.8) is 0 Å². The lowest BCUT2D eigenvalue weighted by Gasteiger charge is -2.26. The van der Waals surface area contributed by atoms with Gasteiger partial charge in [0.1, 0.15) is 0 Å². The molecule has 0 aliphatic heterocycles. The molecule has 130 valence electrons. The van der Waals surface area contributed by atoms with Crippen LogP contribution in [0.15, 0.2) is 30.3 Å². The minimum atomic E-state index is -1.54. The Morgan fingerprint density at radius 2 is 1.64 bits per heavy atom. The molecule has 0 fully saturated rings. The first-order valence-electron chi connectivity index (χ1n) is 6.85. The third-order valence-electron chi connectivity index (χ3n) is 3.85. The van der Waals surface area contributed by atoms with E-state index in [2.05, 4.69) is 0 Å². The van der Waals surface area contributed by atoms with E-state index in [4.69, 9.17) is 58.0 Å². The number of carboxylic acid groups (broad SMARTS) is 1. The maximum atomic E-state index is 12.3. The summed E-state index contributed by atoms with van der Waals surface area (Å²) >= 11 is 29.7. The number of hydrogen-bond donors (Lipinski definition) is 1. The molecule has 1 unspecified atom stereocenters. The van der Waals surface area contributed by atoms with E-state index in [0.29, 0.717) is 42.2 Å². The highest BCUT2D eigenvalue weighted by atomic mass is 35.5. The summed E-state index contributed by atoms with van der Waals surface area (Å²) in [6, 6.07) is 7.02. The number of carbonyl (C=O) groups is 2. The van der Waals surface area contributed by atoms with E-state index in [0.717, 1.165) is 0 Å². The van der Waals surface area contributed by atoms with Crippen LogP contribution in [0, 0.1) is 0 Å². The number of nitrogens with zero attached hydrogens (tertiary/aromatic N) is 1. The summed E-state index contributed by atoms with van der Waals surface area (Å²) < 4.78 is 0. The van der Waals surface area contributed by atoms with Crippen LogP contribution in [0.2, 0.25) is 15.1 Å². The summed E-state index contributed by atoms with van der Waals surface area (Å²) in [5.74, 6) is -0.976. The number of carbonyl (C=O) groups excluding carboxylic acids is 1. The Hall–Kier alpha value is -1.17. The molecule has 0 spiro atoms. The fourth-order valence-corrected chi connectivity index (χ4v) is 3.97. The van der Waals surface area contributed by atoms with E-state index >= 15 is 0 Å². The molecule has 25 heavy (non-hydrogen) atoms. The van der Waals surface area contributed by atoms with Gasteiger partial charge in [-0.3, -0.25) is 4.79 Å². The number of rotatable bonds is 2. The molecule has 1 N–H and O–H groups in total. The zero-order valence-corrected chi connectivity index (χ0v) is 15.9. The average molecular weight is 440 g/mol. The van der Waals surface area contributed by atoms with Crippen LogP contribution in [0.1, 0.15) is 17.2 Å². The lowest BCUT2D eigenvalue weighted by atomic mass is 10.0. The smallest absolute Gasteiger partial charge is 0.414 e. The molecule has 1 aliphatic carbocycles. The maximum absolute atomic E-state index is 12.3. The topological polar surface area (TPSA) is 57.6 Å². The van der Waals surface area contributed by atoms with Gasteiger partial charge in [-0.1, -0.05) is 64.1 Å². The summed E-state index contributed by atoms with van der Waals surface area (Å²) in [7, 11) is 0. The van der Waals surface area contributed by atoms with Crippen LogP contribution >= 0.6 is 58.0 Å². The van der Waals surface area contributed by atoms with Gasteiger partial charge in [-0.25, -0.2) is 9.69 Å². The van der Waals surface area contributed by atoms with E-state index in [-0.39, 0.29) is 0 Å². The van der Waals surface area contributed by atoms with Crippen molar-refractivity contribution in [3.05, 3.63) is 56.5 Å². The molecule has 3 rings (SSSR count). The Labute approximate surface area is 167 Å². The molecule has 0 bridgehead atoms. The fraction of sp³-hybridized carbons (Fsp3) is 0.125. The van der Waals surface area contributed by atoms with E-state index in [9.17, 15) is 14.7 Å². The van der Waals surface area contributed by atoms with Crippen molar-refractivity contribution < 1.29 is 14.7 Å². The van der Waals surface area contributed by atoms with E-state index in [1.165, 1.54) is 0 Å². The van der Waals surface area contributed by atoms with Crippen molar-refractivity contribution in [2.24, 2.45) is 0 Å². The van der Waals surface area contributed by atoms with Crippen molar-refractivity contribution in [1.29, 1.82) is 0 Å². The minimum absolute atomic E-state index is 0.304. The fourth-order valence-electron chi connectivity index (χ4n) is 2.96. The van der Waals surface area contributed by atoms with Crippen molar-refractivity contribution in [1.82, 2.24) is 4.90 Å². The van der Waals surface area contributed by atoms with Crippen LogP contribution in [0.4, 0.5) is 4.79 Å². The van der Waals surface area contributed by atoms with Gasteiger partial charge in [-0.15, -0.1) is 0 Å². The monoisotopic (exact) mass is 437 g/mol. The third kappa shape index (κ3) is 3.18. The van der Waals surface area contributed by atoms with Gasteiger partial charge < -0.3 is 5.11 Å². The highest BCUT2D eigenvalue weighted by molar-refractivity contribution is 6.54. The Morgan fingerprint density at radius 1 is 1.00 bits per heavy atom. The van der Waals surface area contributed by atoms with Gasteiger partial charge in [0.15, 0.2) is 4.84 Å². The molecule has 1 atom stereocenters. The van der Waals surface area contributed by atoms with E-state index in [1.807, 2.05) is 0 Å². The second kappa shape index (κ2) is 6.86. The molecule has 0 aromatic heterocycles. The molecule has 1 aliphatic rings. The first-order valence-corrected chi connectivity index (χ1v) is 8.86. The zero-order chi connectivity index (χ0) is 18.5. The van der Waals surface area contributed by atoms with Crippen molar-refractivity contribution in [2.45, 2.75) is 10.9 Å². The summed E-state index contributed by atoms with van der Waals surface area (Å²) in [6.45, 7) is 0. The van der Waals surface area contributed by atoms with Gasteiger partial charge in [-0.05, 0) is 41.0 Å². The molecule has 2 aromatic carbocycles. The van der Waals surface area contributed by atoms with Gasteiger partial charge in [0.2, 0.25) is 0 Å². The van der Waals surface area contributed by atoms with Crippen LogP contribution in [0.5, 0.6) is 0 Å². The van der Waals surface area contributed by atoms with Gasteiger partial charge in [-0.2, -0.15) is 0 Å². The molecule has 0 saturated heterocycles. The molecule has 9 heteroatoms. The lowest BCUT2D eigenvalue weighted by molar-refractivity contribution is -0.128. The van der Waals surface area contributed by atoms with Crippen LogP contribution in [-0.4, -0.2) is 26.8 Å². The molecule has 2 aromatic rings. The summed E-state index contributed by atoms with van der Waals surface area (Å²) in [5, 5.41) is 10.6. The minimum Gasteiger partial charge on any atom is -0.465 e. The maximum Gasteiger partial charge on any atom is 0.414 e. The van der Waals surface area contributed by atoms with Crippen LogP contribution < -0.4 is 0 Å². The Bertz CT molecular complexity index is 900. The number of halogens is 5. The van der Waals surface area contributed by atoms with Crippen molar-refractivity contribution in [3.8, 4) is 11.1 Å². The Kier molecular flexibility index (Phi) is 5.11. The van der Waals surface area contributed by atoms with Crippen LogP contribution in [-0.2, 0) is 4.79 Å². The van der Waals surface area contributed by atoms with Crippen LogP contribution in [0.25, 0.3) is 11.1 Å². The second-order valence-corrected chi connectivity index (χ2v) is 7.65. The van der Waals surface area contributed by atoms with Gasteiger partial charge in [0, 0.05) is 15.6 Å². The Balaban J connectivity index is 2.32. The van der Waals surface area contributed by atoms with Crippen molar-refractivity contribution in [2.75, 3.05) is 0 Å². The van der Waals surface area contributed by atoms with E-state index < -0.39 is 22.9 Å². The summed E-state index contributed by atoms with van der Waals surface area (Å²) in [5.41, 5.74) is 2.20. The first-order chi connectivity index (χ1) is 11.7. The van der Waals surface area contributed by atoms with Gasteiger partial charge in [0.05, 0.1) is 11.1 Å². The number of alkyl halides is 2. The molecular weight excluding hydrogens is 431 g/mol. The average Bonchev–Trinajstić information content (AvgIpc) is 2.81. The molecule has 0 heterocycles. The molecular formula is C16H8Cl5NO3. The van der Waals surface area contributed by atoms with E-state index in [1.54, 1.807) is 30.3 Å². The van der Waals surface area contributed by atoms with Gasteiger partial charge in [0.25, 0.3) is 5.91 Å². The normalized spacial score (nSPS) is 15.0. The lowest BCUT2D eigenvalue weighted by Crippen LogP contribution is -2.41. The summed E-state index contributed by atoms with van der Waals surface area (Å²) in [4.78, 5) is 23.1. The predicted molar refractivity (Wildman–Crippen MR) is 99.1 cm³/mol. The SMILES string of the molecule is O=C(O)N(C(=O)C(Cl)Cl)C1c2cc(Cl)ccc2-c2c(Cl)cc(Cl)cc21. The largest absolute Gasteiger partial charge is 0.465 e. The quantitative estimate of drug-likeness (QED) is 0.582. The van der Waals surface area contributed by atoms with Crippen LogP contribution in [0.3, 0.4) is 0 Å². The van der Waals surface area contributed by atoms with Crippen molar-refractivity contribution >= 4 is 70.0 Å². The zero-order valence-electron chi connectivity index (χ0n) is 12.1. The molecule has 0 saturated carbocycles. The molecule has 2 amide bonds. The predicted octanol–water partition coefficient (Wildman–Crippen LogP) is 6.03. The standard InChI is InChI=1S/C16H8Cl5NO3/c17-6-1-2-8-9(3-6)13(22(16(24)25)15(23)14(20)21)10-4-7(18)5-11(19)12(8)10/h1-5,13-14H,(H,24,25). The highest BCUT2D eigenvalue weighted by Gasteiger charge is 2.41. The second-order valence-electron chi connectivity index (χ2n) is 5.28. The Morgan fingerprint density at radius 3 is 2.24 bits per heavy atom. The highest BCUT2D eigenvalue weighted by Crippen LogP contribution is 2.51. The number of benzene rings is 2. The number of amides is 2. The number of imide groups is 1. The summed E-state index contributed by atoms with van der Waals surface area (Å²) in [6.07, 6.45) is -1.50. The first kappa shape index (κ1) is 18.6. The molecule has 4 nitrogen and oxygen atoms in total. The molecule has 0 radical (unpaired) electrons. The third-order valence-corrected chi connectivity index (χ3v) is 4.97. The number of hydrogen-bond acceptors (Lipinski definition) is 2. The van der Waals surface area contributed by atoms with Gasteiger partial charge >= 0.3 is 6.09 Å².